The van der Waals surface area contributed by atoms with Crippen molar-refractivity contribution in [2.45, 2.75) is 25.7 Å². The van der Waals surface area contributed by atoms with E-state index in [1.165, 1.54) is 0 Å². The molecule has 1 aromatic carbocycles. The summed E-state index contributed by atoms with van der Waals surface area (Å²) >= 11 is 5.96. The van der Waals surface area contributed by atoms with E-state index in [0.717, 1.165) is 5.56 Å². The number of benzene rings is 1. The minimum Gasteiger partial charge on any atom is -0.389 e. The highest BCUT2D eigenvalue weighted by Gasteiger charge is 2.18. The third kappa shape index (κ3) is 4.64. The number of halogens is 1. The quantitative estimate of drug-likeness (QED) is 0.495. The summed E-state index contributed by atoms with van der Waals surface area (Å²) in [5.74, 6) is 0.435. The van der Waals surface area contributed by atoms with Crippen LogP contribution in [-0.2, 0) is 0 Å². The molecule has 0 amide bonds. The lowest BCUT2D eigenvalue weighted by atomic mass is 10.1. The molecule has 3 aromatic rings. The smallest absolute Gasteiger partial charge is 0.163 e. The van der Waals surface area contributed by atoms with Gasteiger partial charge in [0.2, 0.25) is 0 Å². The van der Waals surface area contributed by atoms with Gasteiger partial charge in [-0.05, 0) is 32.0 Å². The van der Waals surface area contributed by atoms with Gasteiger partial charge >= 0.3 is 0 Å². The first kappa shape index (κ1) is 18.5. The molecule has 2 aromatic heterocycles. The lowest BCUT2D eigenvalue weighted by Gasteiger charge is -2.21. The largest absolute Gasteiger partial charge is 0.389 e. The third-order valence-corrected chi connectivity index (χ3v) is 3.90. The Morgan fingerprint density at radius 2 is 1.92 bits per heavy atom. The van der Waals surface area contributed by atoms with Gasteiger partial charge < -0.3 is 10.2 Å². The van der Waals surface area contributed by atoms with E-state index >= 15 is 0 Å². The molecule has 0 aliphatic carbocycles. The van der Waals surface area contributed by atoms with Crippen LogP contribution in [0.1, 0.15) is 25.8 Å². The van der Waals surface area contributed by atoms with Crippen molar-refractivity contribution in [3.8, 4) is 22.6 Å². The topological polar surface area (TPSA) is 107 Å². The zero-order chi connectivity index (χ0) is 18.7. The first-order chi connectivity index (χ1) is 12.3. The number of aromatic nitrogens is 4. The fourth-order valence-electron chi connectivity index (χ4n) is 2.33. The lowest BCUT2D eigenvalue weighted by molar-refractivity contribution is 0.0483. The van der Waals surface area contributed by atoms with Crippen LogP contribution in [0.15, 0.2) is 42.7 Å². The van der Waals surface area contributed by atoms with E-state index in [2.05, 4.69) is 25.5 Å². The lowest BCUT2D eigenvalue weighted by Crippen LogP contribution is -2.37. The maximum atomic E-state index is 10.5. The predicted molar refractivity (Wildman–Crippen MR) is 99.3 cm³/mol. The number of aliphatic hydroxyl groups is 2. The van der Waals surface area contributed by atoms with E-state index in [1.807, 2.05) is 12.1 Å². The van der Waals surface area contributed by atoms with Crippen LogP contribution in [0, 0.1) is 0 Å². The monoisotopic (exact) mass is 373 g/mol. The van der Waals surface area contributed by atoms with E-state index < -0.39 is 11.8 Å². The predicted octanol–water partition coefficient (Wildman–Crippen LogP) is 2.54. The first-order valence-electron chi connectivity index (χ1n) is 8.10. The first-order valence-corrected chi connectivity index (χ1v) is 8.47. The number of aliphatic hydroxyl groups excluding tert-OH is 1. The molecule has 4 N–H and O–H groups in total. The summed E-state index contributed by atoms with van der Waals surface area (Å²) in [6.07, 6.45) is 2.24. The molecule has 0 aliphatic heterocycles. The molecule has 0 bridgehead atoms. The number of nitrogens with zero attached hydrogens (tertiary/aromatic N) is 3. The maximum Gasteiger partial charge on any atom is 0.163 e. The molecule has 3 rings (SSSR count). The number of hydrogen-bond donors (Lipinski definition) is 4. The summed E-state index contributed by atoms with van der Waals surface area (Å²) in [6.45, 7) is 3.51. The average Bonchev–Trinajstić information content (AvgIpc) is 3.14. The van der Waals surface area contributed by atoms with Gasteiger partial charge in [-0.2, -0.15) is 5.10 Å². The van der Waals surface area contributed by atoms with Crippen molar-refractivity contribution < 1.29 is 10.2 Å². The second-order valence-electron chi connectivity index (χ2n) is 6.59. The number of hydrogen-bond acceptors (Lipinski definition) is 6. The summed E-state index contributed by atoms with van der Waals surface area (Å²) in [4.78, 5) is 8.99. The van der Waals surface area contributed by atoms with Gasteiger partial charge in [0.05, 0.1) is 28.7 Å². The molecule has 2 heterocycles. The van der Waals surface area contributed by atoms with Gasteiger partial charge in [0.15, 0.2) is 5.82 Å². The fourth-order valence-corrected chi connectivity index (χ4v) is 2.45. The second kappa shape index (κ2) is 7.51. The summed E-state index contributed by atoms with van der Waals surface area (Å²) in [5, 5.41) is 30.5. The number of nitrogens with one attached hydrogen (secondary N) is 2. The number of rotatable bonds is 6. The molecule has 0 saturated carbocycles. The van der Waals surface area contributed by atoms with Crippen LogP contribution in [0.2, 0.25) is 5.02 Å². The standard InChI is InChI=1S/C18H20ClN5O2/c1-18(2,26)10-20-17(25)15-7-14(11-3-5-13(19)6-4-11)23-16(24-15)12-8-21-22-9-12/h3-9,17,20,25-26H,10H2,1-2H3,(H,21,22). The Labute approximate surface area is 156 Å². The van der Waals surface area contributed by atoms with Gasteiger partial charge in [0.25, 0.3) is 0 Å². The van der Waals surface area contributed by atoms with Crippen molar-refractivity contribution in [1.82, 2.24) is 25.5 Å². The van der Waals surface area contributed by atoms with Gasteiger partial charge in [0, 0.05) is 23.3 Å². The molecular weight excluding hydrogens is 354 g/mol. The highest BCUT2D eigenvalue weighted by molar-refractivity contribution is 6.30. The van der Waals surface area contributed by atoms with Crippen LogP contribution in [0.4, 0.5) is 0 Å². The van der Waals surface area contributed by atoms with Crippen LogP contribution in [0.5, 0.6) is 0 Å². The fraction of sp³-hybridized carbons (Fsp3) is 0.278. The Kier molecular flexibility index (Phi) is 5.33. The van der Waals surface area contributed by atoms with Crippen molar-refractivity contribution >= 4 is 11.6 Å². The van der Waals surface area contributed by atoms with Crippen LogP contribution < -0.4 is 5.32 Å². The molecular formula is C18H20ClN5O2. The van der Waals surface area contributed by atoms with Crippen LogP contribution in [-0.4, -0.2) is 42.5 Å². The normalized spacial score (nSPS) is 13.0. The molecule has 1 unspecified atom stereocenters. The molecule has 1 atom stereocenters. The highest BCUT2D eigenvalue weighted by Crippen LogP contribution is 2.25. The number of aromatic amines is 1. The zero-order valence-corrected chi connectivity index (χ0v) is 15.2. The van der Waals surface area contributed by atoms with E-state index in [4.69, 9.17) is 11.6 Å². The molecule has 8 heteroatoms. The highest BCUT2D eigenvalue weighted by atomic mass is 35.5. The molecule has 0 radical (unpaired) electrons. The molecule has 7 nitrogen and oxygen atoms in total. The van der Waals surface area contributed by atoms with Crippen molar-refractivity contribution in [2.75, 3.05) is 6.54 Å². The molecule has 0 aliphatic rings. The minimum absolute atomic E-state index is 0.204. The van der Waals surface area contributed by atoms with Gasteiger partial charge in [-0.15, -0.1) is 0 Å². The van der Waals surface area contributed by atoms with Gasteiger partial charge in [-0.25, -0.2) is 9.97 Å². The summed E-state index contributed by atoms with van der Waals surface area (Å²) in [5.41, 5.74) is 1.63. The third-order valence-electron chi connectivity index (χ3n) is 3.65. The van der Waals surface area contributed by atoms with Gasteiger partial charge in [0.1, 0.15) is 6.23 Å². The Morgan fingerprint density at radius 1 is 1.19 bits per heavy atom. The molecule has 136 valence electrons. The van der Waals surface area contributed by atoms with E-state index in [-0.39, 0.29) is 6.54 Å². The van der Waals surface area contributed by atoms with E-state index in [0.29, 0.717) is 27.8 Å². The molecule has 0 spiro atoms. The van der Waals surface area contributed by atoms with Crippen molar-refractivity contribution in [2.24, 2.45) is 0 Å². The van der Waals surface area contributed by atoms with Crippen molar-refractivity contribution in [3.63, 3.8) is 0 Å². The Hall–Kier alpha value is -2.32. The zero-order valence-electron chi connectivity index (χ0n) is 14.4. The SMILES string of the molecule is CC(C)(O)CNC(O)c1cc(-c2ccc(Cl)cc2)nc(-c2cn[nH]c2)n1. The molecule has 26 heavy (non-hydrogen) atoms. The Bertz CT molecular complexity index is 860. The summed E-state index contributed by atoms with van der Waals surface area (Å²) in [6, 6.07) is 8.96. The number of H-pyrrole nitrogens is 1. The van der Waals surface area contributed by atoms with Crippen LogP contribution in [0.25, 0.3) is 22.6 Å². The van der Waals surface area contributed by atoms with E-state index in [9.17, 15) is 10.2 Å². The van der Waals surface area contributed by atoms with Crippen LogP contribution >= 0.6 is 11.6 Å². The molecule has 0 fully saturated rings. The van der Waals surface area contributed by atoms with Crippen LogP contribution in [0.3, 0.4) is 0 Å². The van der Waals surface area contributed by atoms with Crippen molar-refractivity contribution in [1.29, 1.82) is 0 Å². The maximum absolute atomic E-state index is 10.5. The van der Waals surface area contributed by atoms with Gasteiger partial charge in [-0.1, -0.05) is 23.7 Å². The van der Waals surface area contributed by atoms with Gasteiger partial charge in [-0.3, -0.25) is 10.4 Å². The summed E-state index contributed by atoms with van der Waals surface area (Å²) in [7, 11) is 0. The van der Waals surface area contributed by atoms with Crippen molar-refractivity contribution in [3.05, 3.63) is 53.4 Å². The molecule has 0 saturated heterocycles. The minimum atomic E-state index is -1.05. The second-order valence-corrected chi connectivity index (χ2v) is 7.03. The Balaban J connectivity index is 1.99. The summed E-state index contributed by atoms with van der Waals surface area (Å²) < 4.78 is 0. The Morgan fingerprint density at radius 3 is 2.54 bits per heavy atom. The van der Waals surface area contributed by atoms with E-state index in [1.54, 1.807) is 44.4 Å². The average molecular weight is 374 g/mol.